The first-order valence-electron chi connectivity index (χ1n) is 8.57. The van der Waals surface area contributed by atoms with Gasteiger partial charge >= 0.3 is 0 Å². The van der Waals surface area contributed by atoms with Crippen molar-refractivity contribution in [2.75, 3.05) is 5.32 Å². The van der Waals surface area contributed by atoms with Crippen molar-refractivity contribution in [3.05, 3.63) is 81.4 Å². The summed E-state index contributed by atoms with van der Waals surface area (Å²) in [6, 6.07) is 20.7. The molecule has 3 nitrogen and oxygen atoms in total. The van der Waals surface area contributed by atoms with Crippen molar-refractivity contribution in [3.63, 3.8) is 0 Å². The molecule has 0 fully saturated rings. The van der Waals surface area contributed by atoms with E-state index in [9.17, 15) is 0 Å². The number of nitrogens with zero attached hydrogens (tertiary/aromatic N) is 2. The molecule has 4 aromatic rings. The maximum atomic E-state index is 4.83. The Bertz CT molecular complexity index is 1030. The van der Waals surface area contributed by atoms with Crippen LogP contribution < -0.4 is 5.32 Å². The number of fused-ring (bicyclic) bond motifs is 1. The Hall–Kier alpha value is -2.24. The molecule has 5 heteroatoms. The number of benzene rings is 2. The number of hydrogen-bond acceptors (Lipinski definition) is 4. The first-order valence-corrected chi connectivity index (χ1v) is 10.2. The predicted octanol–water partition coefficient (Wildman–Crippen LogP) is 6.35. The molecule has 2 aromatic carbocycles. The average Bonchev–Trinajstić information content (AvgIpc) is 3.08. The number of anilines is 2. The van der Waals surface area contributed by atoms with E-state index in [0.717, 1.165) is 44.9 Å². The molecule has 130 valence electrons. The molecule has 26 heavy (non-hydrogen) atoms. The topological polar surface area (TPSA) is 37.8 Å². The van der Waals surface area contributed by atoms with Gasteiger partial charge < -0.3 is 5.32 Å². The SMILES string of the molecule is CCc1cc2c(Nc3ccc(Br)cc3)nc(Cc3ccccc3)nc2s1. The second-order valence-corrected chi connectivity index (χ2v) is 8.10. The molecule has 0 radical (unpaired) electrons. The van der Waals surface area contributed by atoms with Crippen molar-refractivity contribution in [2.45, 2.75) is 19.8 Å². The molecular weight excluding hydrogens is 406 g/mol. The summed E-state index contributed by atoms with van der Waals surface area (Å²) in [5, 5.41) is 4.56. The van der Waals surface area contributed by atoms with E-state index >= 15 is 0 Å². The zero-order valence-corrected chi connectivity index (χ0v) is 16.8. The molecule has 0 saturated carbocycles. The van der Waals surface area contributed by atoms with Crippen LogP contribution in [0.2, 0.25) is 0 Å². The maximum absolute atomic E-state index is 4.83. The van der Waals surface area contributed by atoms with Crippen LogP contribution in [0.5, 0.6) is 0 Å². The molecule has 0 spiro atoms. The second-order valence-electron chi connectivity index (χ2n) is 6.07. The Morgan fingerprint density at radius 1 is 1.00 bits per heavy atom. The van der Waals surface area contributed by atoms with Crippen LogP contribution in [-0.2, 0) is 12.8 Å². The summed E-state index contributed by atoms with van der Waals surface area (Å²) in [6.45, 7) is 2.17. The van der Waals surface area contributed by atoms with E-state index in [2.05, 4.69) is 58.5 Å². The quantitative estimate of drug-likeness (QED) is 0.406. The van der Waals surface area contributed by atoms with Crippen molar-refractivity contribution in [3.8, 4) is 0 Å². The fourth-order valence-corrected chi connectivity index (χ4v) is 4.06. The zero-order valence-electron chi connectivity index (χ0n) is 14.4. The fourth-order valence-electron chi connectivity index (χ4n) is 2.81. The van der Waals surface area contributed by atoms with Crippen molar-refractivity contribution >= 4 is 49.0 Å². The molecular formula is C21H18BrN3S. The van der Waals surface area contributed by atoms with Gasteiger partial charge in [-0.05, 0) is 42.3 Å². The van der Waals surface area contributed by atoms with Gasteiger partial charge in [0.2, 0.25) is 0 Å². The Kier molecular flexibility index (Phi) is 5.00. The van der Waals surface area contributed by atoms with Crippen LogP contribution >= 0.6 is 27.3 Å². The average molecular weight is 424 g/mol. The second kappa shape index (κ2) is 7.56. The van der Waals surface area contributed by atoms with Crippen LogP contribution in [0, 0.1) is 0 Å². The van der Waals surface area contributed by atoms with E-state index in [1.807, 2.05) is 30.3 Å². The van der Waals surface area contributed by atoms with Crippen molar-refractivity contribution in [1.82, 2.24) is 9.97 Å². The van der Waals surface area contributed by atoms with E-state index in [0.29, 0.717) is 0 Å². The van der Waals surface area contributed by atoms with Crippen LogP contribution in [0.4, 0.5) is 11.5 Å². The van der Waals surface area contributed by atoms with Crippen molar-refractivity contribution in [1.29, 1.82) is 0 Å². The van der Waals surface area contributed by atoms with E-state index in [1.165, 1.54) is 10.4 Å². The first-order chi connectivity index (χ1) is 12.7. The van der Waals surface area contributed by atoms with Crippen LogP contribution in [0.3, 0.4) is 0 Å². The van der Waals surface area contributed by atoms with Gasteiger partial charge in [0, 0.05) is 21.5 Å². The minimum atomic E-state index is 0.727. The lowest BCUT2D eigenvalue weighted by molar-refractivity contribution is 1.000. The summed E-state index contributed by atoms with van der Waals surface area (Å²) < 4.78 is 1.06. The molecule has 0 aliphatic carbocycles. The highest BCUT2D eigenvalue weighted by Gasteiger charge is 2.12. The minimum Gasteiger partial charge on any atom is -0.340 e. The number of halogens is 1. The van der Waals surface area contributed by atoms with Gasteiger partial charge in [0.15, 0.2) is 0 Å². The summed E-state index contributed by atoms with van der Waals surface area (Å²) >= 11 is 5.23. The molecule has 1 N–H and O–H groups in total. The van der Waals surface area contributed by atoms with Gasteiger partial charge in [-0.2, -0.15) is 0 Å². The highest BCUT2D eigenvalue weighted by atomic mass is 79.9. The van der Waals surface area contributed by atoms with Crippen molar-refractivity contribution in [2.24, 2.45) is 0 Å². The number of thiophene rings is 1. The number of nitrogens with one attached hydrogen (secondary N) is 1. The highest BCUT2D eigenvalue weighted by Crippen LogP contribution is 2.31. The van der Waals surface area contributed by atoms with Crippen LogP contribution in [-0.4, -0.2) is 9.97 Å². The summed E-state index contributed by atoms with van der Waals surface area (Å²) in [6.07, 6.45) is 1.73. The Balaban J connectivity index is 1.75. The summed E-state index contributed by atoms with van der Waals surface area (Å²) in [7, 11) is 0. The largest absolute Gasteiger partial charge is 0.340 e. The molecule has 0 saturated heterocycles. The van der Waals surface area contributed by atoms with Gasteiger partial charge in [-0.1, -0.05) is 53.2 Å². The molecule has 2 heterocycles. The number of aryl methyl sites for hydroxylation is 1. The highest BCUT2D eigenvalue weighted by molar-refractivity contribution is 9.10. The van der Waals surface area contributed by atoms with Gasteiger partial charge in [-0.3, -0.25) is 0 Å². The van der Waals surface area contributed by atoms with Gasteiger partial charge in [-0.25, -0.2) is 9.97 Å². The molecule has 0 aliphatic rings. The Labute approximate surface area is 165 Å². The van der Waals surface area contributed by atoms with Crippen molar-refractivity contribution < 1.29 is 0 Å². The molecule has 2 aromatic heterocycles. The summed E-state index contributed by atoms with van der Waals surface area (Å²) in [5.74, 6) is 1.71. The Morgan fingerprint density at radius 3 is 2.50 bits per heavy atom. The smallest absolute Gasteiger partial charge is 0.142 e. The van der Waals surface area contributed by atoms with E-state index in [1.54, 1.807) is 11.3 Å². The molecule has 0 amide bonds. The van der Waals surface area contributed by atoms with Gasteiger partial charge in [0.25, 0.3) is 0 Å². The third-order valence-electron chi connectivity index (χ3n) is 4.15. The van der Waals surface area contributed by atoms with E-state index in [4.69, 9.17) is 9.97 Å². The monoisotopic (exact) mass is 423 g/mol. The van der Waals surface area contributed by atoms with Crippen LogP contribution in [0.25, 0.3) is 10.2 Å². The number of hydrogen-bond donors (Lipinski definition) is 1. The zero-order chi connectivity index (χ0) is 17.9. The number of rotatable bonds is 5. The van der Waals surface area contributed by atoms with Gasteiger partial charge in [0.05, 0.1) is 5.39 Å². The van der Waals surface area contributed by atoms with Gasteiger partial charge in [-0.15, -0.1) is 11.3 Å². The molecule has 4 rings (SSSR count). The van der Waals surface area contributed by atoms with Crippen LogP contribution in [0.15, 0.2) is 65.1 Å². The third kappa shape index (κ3) is 3.79. The van der Waals surface area contributed by atoms with Gasteiger partial charge in [0.1, 0.15) is 16.5 Å². The lowest BCUT2D eigenvalue weighted by Gasteiger charge is -2.09. The predicted molar refractivity (Wildman–Crippen MR) is 113 cm³/mol. The van der Waals surface area contributed by atoms with E-state index < -0.39 is 0 Å². The fraction of sp³-hybridized carbons (Fsp3) is 0.143. The normalized spacial score (nSPS) is 11.0. The molecule has 0 atom stereocenters. The maximum Gasteiger partial charge on any atom is 0.142 e. The lowest BCUT2D eigenvalue weighted by atomic mass is 10.1. The molecule has 0 aliphatic heterocycles. The lowest BCUT2D eigenvalue weighted by Crippen LogP contribution is -2.01. The van der Waals surface area contributed by atoms with E-state index in [-0.39, 0.29) is 0 Å². The molecule has 0 bridgehead atoms. The minimum absolute atomic E-state index is 0.727. The summed E-state index contributed by atoms with van der Waals surface area (Å²) in [4.78, 5) is 12.0. The summed E-state index contributed by atoms with van der Waals surface area (Å²) in [5.41, 5.74) is 2.23. The molecule has 0 unspecified atom stereocenters. The number of aromatic nitrogens is 2. The van der Waals surface area contributed by atoms with Crippen LogP contribution in [0.1, 0.15) is 23.2 Å². The Morgan fingerprint density at radius 2 is 1.77 bits per heavy atom. The standard InChI is InChI=1S/C21H18BrN3S/c1-2-17-13-18-20(23-16-10-8-15(22)9-11-16)24-19(25-21(18)26-17)12-14-6-4-3-5-7-14/h3-11,13H,2,12H2,1H3,(H,23,24,25). The first kappa shape index (κ1) is 17.2. The third-order valence-corrected chi connectivity index (χ3v) is 5.85.